The zero-order valence-electron chi connectivity index (χ0n) is 14.7. The van der Waals surface area contributed by atoms with Crippen LogP contribution in [0.5, 0.6) is 0 Å². The van der Waals surface area contributed by atoms with E-state index in [9.17, 15) is 4.79 Å². The number of aromatic nitrogens is 1. The van der Waals surface area contributed by atoms with Crippen molar-refractivity contribution in [1.82, 2.24) is 9.88 Å². The minimum absolute atomic E-state index is 0.308. The fourth-order valence-electron chi connectivity index (χ4n) is 4.56. The quantitative estimate of drug-likeness (QED) is 0.798. The predicted molar refractivity (Wildman–Crippen MR) is 93.4 cm³/mol. The van der Waals surface area contributed by atoms with Gasteiger partial charge in [-0.1, -0.05) is 0 Å². The molecular weight excluding hydrogens is 302 g/mol. The second-order valence-electron chi connectivity index (χ2n) is 7.47. The molecule has 1 aliphatic carbocycles. The fourth-order valence-corrected chi connectivity index (χ4v) is 4.56. The van der Waals surface area contributed by atoms with Gasteiger partial charge in [0.15, 0.2) is 0 Å². The second-order valence-corrected chi connectivity index (χ2v) is 7.47. The Hall–Kier alpha value is -1.62. The lowest BCUT2D eigenvalue weighted by molar-refractivity contribution is 0.0599. The van der Waals surface area contributed by atoms with E-state index >= 15 is 0 Å². The Balaban J connectivity index is 1.48. The summed E-state index contributed by atoms with van der Waals surface area (Å²) in [7, 11) is 1.41. The lowest BCUT2D eigenvalue weighted by Gasteiger charge is -2.48. The molecule has 1 aromatic heterocycles. The molecule has 24 heavy (non-hydrogen) atoms. The third-order valence-corrected chi connectivity index (χ3v) is 5.93. The lowest BCUT2D eigenvalue weighted by atomic mass is 9.83. The van der Waals surface area contributed by atoms with Gasteiger partial charge in [0.25, 0.3) is 0 Å². The van der Waals surface area contributed by atoms with E-state index in [1.54, 1.807) is 0 Å². The van der Waals surface area contributed by atoms with E-state index in [-0.39, 0.29) is 5.97 Å². The first-order valence-corrected chi connectivity index (χ1v) is 9.24. The van der Waals surface area contributed by atoms with Crippen LogP contribution in [0.15, 0.2) is 12.1 Å². The number of hydrogen-bond donors (Lipinski definition) is 0. The van der Waals surface area contributed by atoms with Crippen molar-refractivity contribution in [2.75, 3.05) is 31.6 Å². The van der Waals surface area contributed by atoms with Crippen LogP contribution in [-0.2, 0) is 4.74 Å². The van der Waals surface area contributed by atoms with Crippen molar-refractivity contribution in [1.29, 1.82) is 0 Å². The maximum atomic E-state index is 11.7. The molecule has 2 atom stereocenters. The Morgan fingerprint density at radius 2 is 2.04 bits per heavy atom. The van der Waals surface area contributed by atoms with Gasteiger partial charge >= 0.3 is 5.97 Å². The number of esters is 1. The highest BCUT2D eigenvalue weighted by molar-refractivity contribution is 5.90. The van der Waals surface area contributed by atoms with Crippen LogP contribution in [0.4, 0.5) is 5.82 Å². The number of carbonyl (C=O) groups is 1. The van der Waals surface area contributed by atoms with Gasteiger partial charge in [-0.3, -0.25) is 4.90 Å². The van der Waals surface area contributed by atoms with Gasteiger partial charge in [0.1, 0.15) is 5.82 Å². The Labute approximate surface area is 144 Å². The number of methoxy groups -OCH3 is 1. The van der Waals surface area contributed by atoms with Gasteiger partial charge in [0.2, 0.25) is 0 Å². The SMILES string of the molecule is COC(=O)c1ccc(N2CCC3C(CCCN3C3CC3)C2)nc1C. The Morgan fingerprint density at radius 3 is 2.75 bits per heavy atom. The number of nitrogens with zero attached hydrogens (tertiary/aromatic N) is 3. The van der Waals surface area contributed by atoms with Crippen molar-refractivity contribution in [3.05, 3.63) is 23.4 Å². The van der Waals surface area contributed by atoms with Crippen molar-refractivity contribution in [2.24, 2.45) is 5.92 Å². The zero-order chi connectivity index (χ0) is 16.7. The van der Waals surface area contributed by atoms with E-state index in [4.69, 9.17) is 4.74 Å². The van der Waals surface area contributed by atoms with Crippen molar-refractivity contribution < 1.29 is 9.53 Å². The largest absolute Gasteiger partial charge is 0.465 e. The van der Waals surface area contributed by atoms with E-state index < -0.39 is 0 Å². The summed E-state index contributed by atoms with van der Waals surface area (Å²) in [5, 5.41) is 0. The van der Waals surface area contributed by atoms with E-state index in [2.05, 4.69) is 14.8 Å². The van der Waals surface area contributed by atoms with Crippen LogP contribution in [0.3, 0.4) is 0 Å². The summed E-state index contributed by atoms with van der Waals surface area (Å²) in [4.78, 5) is 21.6. The minimum atomic E-state index is -0.308. The summed E-state index contributed by atoms with van der Waals surface area (Å²) >= 11 is 0. The van der Waals surface area contributed by atoms with Gasteiger partial charge in [-0.15, -0.1) is 0 Å². The maximum Gasteiger partial charge on any atom is 0.339 e. The van der Waals surface area contributed by atoms with E-state index in [0.717, 1.165) is 42.6 Å². The molecule has 3 fully saturated rings. The molecule has 130 valence electrons. The van der Waals surface area contributed by atoms with E-state index in [1.165, 1.54) is 45.8 Å². The smallest absolute Gasteiger partial charge is 0.339 e. The van der Waals surface area contributed by atoms with Crippen LogP contribution < -0.4 is 4.90 Å². The number of likely N-dealkylation sites (tertiary alicyclic amines) is 1. The number of piperidine rings is 2. The standard InChI is InChI=1S/C19H27N3O2/c1-13-16(19(23)24-2)7-8-18(20-13)21-11-9-17-14(12-21)4-3-10-22(17)15-5-6-15/h7-8,14-15,17H,3-6,9-12H2,1-2H3. The number of aryl methyl sites for hydroxylation is 1. The molecule has 0 N–H and O–H groups in total. The number of hydrogen-bond acceptors (Lipinski definition) is 5. The van der Waals surface area contributed by atoms with Gasteiger partial charge < -0.3 is 9.64 Å². The van der Waals surface area contributed by atoms with Crippen LogP contribution in [0.25, 0.3) is 0 Å². The maximum absolute atomic E-state index is 11.7. The molecule has 0 bridgehead atoms. The second kappa shape index (κ2) is 6.36. The third-order valence-electron chi connectivity index (χ3n) is 5.93. The van der Waals surface area contributed by atoms with Crippen LogP contribution >= 0.6 is 0 Å². The number of fused-ring (bicyclic) bond motifs is 1. The number of ether oxygens (including phenoxy) is 1. The molecule has 0 radical (unpaired) electrons. The number of pyridine rings is 1. The van der Waals surface area contributed by atoms with Gasteiger partial charge in [-0.05, 0) is 63.6 Å². The molecule has 2 unspecified atom stereocenters. The van der Waals surface area contributed by atoms with Crippen molar-refractivity contribution in [3.8, 4) is 0 Å². The first kappa shape index (κ1) is 15.9. The molecule has 3 heterocycles. The first-order chi connectivity index (χ1) is 11.7. The van der Waals surface area contributed by atoms with Crippen LogP contribution in [-0.4, -0.2) is 54.7 Å². The fraction of sp³-hybridized carbons (Fsp3) is 0.684. The molecule has 1 saturated carbocycles. The topological polar surface area (TPSA) is 45.7 Å². The van der Waals surface area contributed by atoms with Crippen LogP contribution in [0.1, 0.15) is 48.2 Å². The molecule has 4 rings (SSSR count). The van der Waals surface area contributed by atoms with Gasteiger partial charge in [-0.2, -0.15) is 0 Å². The zero-order valence-corrected chi connectivity index (χ0v) is 14.7. The number of anilines is 1. The van der Waals surface area contributed by atoms with Gasteiger partial charge in [0, 0.05) is 25.2 Å². The predicted octanol–water partition coefficient (Wildman–Crippen LogP) is 2.63. The molecule has 0 spiro atoms. The third kappa shape index (κ3) is 2.90. The lowest BCUT2D eigenvalue weighted by Crippen LogP contribution is -2.54. The molecule has 3 aliphatic rings. The monoisotopic (exact) mass is 329 g/mol. The highest BCUT2D eigenvalue weighted by Crippen LogP contribution is 2.39. The minimum Gasteiger partial charge on any atom is -0.465 e. The normalized spacial score (nSPS) is 27.7. The van der Waals surface area contributed by atoms with Crippen molar-refractivity contribution in [3.63, 3.8) is 0 Å². The van der Waals surface area contributed by atoms with Crippen molar-refractivity contribution >= 4 is 11.8 Å². The summed E-state index contributed by atoms with van der Waals surface area (Å²) in [5.41, 5.74) is 1.32. The molecule has 5 heteroatoms. The molecular formula is C19H27N3O2. The summed E-state index contributed by atoms with van der Waals surface area (Å²) in [6.45, 7) is 5.35. The van der Waals surface area contributed by atoms with E-state index in [1.807, 2.05) is 19.1 Å². The summed E-state index contributed by atoms with van der Waals surface area (Å²) in [6, 6.07) is 5.48. The molecule has 1 aromatic rings. The molecule has 5 nitrogen and oxygen atoms in total. The van der Waals surface area contributed by atoms with Crippen LogP contribution in [0.2, 0.25) is 0 Å². The summed E-state index contributed by atoms with van der Waals surface area (Å²) in [6.07, 6.45) is 6.72. The summed E-state index contributed by atoms with van der Waals surface area (Å²) < 4.78 is 4.82. The molecule has 2 aliphatic heterocycles. The highest BCUT2D eigenvalue weighted by Gasteiger charge is 2.42. The van der Waals surface area contributed by atoms with Gasteiger partial charge in [-0.25, -0.2) is 9.78 Å². The molecule has 2 saturated heterocycles. The van der Waals surface area contributed by atoms with Crippen molar-refractivity contribution in [2.45, 2.75) is 51.1 Å². The average molecular weight is 329 g/mol. The summed E-state index contributed by atoms with van der Waals surface area (Å²) in [5.74, 6) is 1.45. The molecule has 0 aromatic carbocycles. The average Bonchev–Trinajstić information content (AvgIpc) is 3.45. The Bertz CT molecular complexity index is 629. The first-order valence-electron chi connectivity index (χ1n) is 9.24. The Morgan fingerprint density at radius 1 is 1.21 bits per heavy atom. The van der Waals surface area contributed by atoms with Gasteiger partial charge in [0.05, 0.1) is 18.4 Å². The number of carbonyl (C=O) groups excluding carboxylic acids is 1. The van der Waals surface area contributed by atoms with E-state index in [0.29, 0.717) is 5.56 Å². The molecule has 0 amide bonds. The highest BCUT2D eigenvalue weighted by atomic mass is 16.5. The van der Waals surface area contributed by atoms with Crippen LogP contribution in [0, 0.1) is 12.8 Å². The Kier molecular flexibility index (Phi) is 4.21. The number of rotatable bonds is 3.